The fourth-order valence-electron chi connectivity index (χ4n) is 3.21. The number of rotatable bonds is 3. The molecule has 1 fully saturated rings. The Morgan fingerprint density at radius 2 is 1.77 bits per heavy atom. The number of carbonyl (C=O) groups is 2. The molecule has 0 bridgehead atoms. The second-order valence-electron chi connectivity index (χ2n) is 6.87. The minimum atomic E-state index is -0.418. The van der Waals surface area contributed by atoms with Crippen molar-refractivity contribution in [1.82, 2.24) is 4.90 Å². The van der Waals surface area contributed by atoms with Gasteiger partial charge in [0, 0.05) is 30.3 Å². The Labute approximate surface area is 153 Å². The van der Waals surface area contributed by atoms with Gasteiger partial charge in [-0.2, -0.15) is 0 Å². The number of carbonyl (C=O) groups excluding carboxylic acids is 2. The van der Waals surface area contributed by atoms with Crippen LogP contribution in [0.3, 0.4) is 0 Å². The summed E-state index contributed by atoms with van der Waals surface area (Å²) < 4.78 is 13.3. The second kappa shape index (κ2) is 7.68. The molecule has 2 amide bonds. The molecule has 2 aromatic carbocycles. The summed E-state index contributed by atoms with van der Waals surface area (Å²) in [5.74, 6) is -0.727. The van der Waals surface area contributed by atoms with E-state index >= 15 is 0 Å². The Kier molecular flexibility index (Phi) is 5.35. The molecule has 136 valence electrons. The van der Waals surface area contributed by atoms with Crippen LogP contribution >= 0.6 is 0 Å². The lowest BCUT2D eigenvalue weighted by molar-refractivity contribution is -0.121. The summed E-state index contributed by atoms with van der Waals surface area (Å²) in [6, 6.07) is 11.6. The Bertz CT molecular complexity index is 827. The minimum absolute atomic E-state index is 0.00823. The van der Waals surface area contributed by atoms with Crippen molar-refractivity contribution >= 4 is 17.5 Å². The zero-order chi connectivity index (χ0) is 18.7. The first-order chi connectivity index (χ1) is 12.4. The number of anilines is 1. The van der Waals surface area contributed by atoms with E-state index in [1.165, 1.54) is 23.8 Å². The van der Waals surface area contributed by atoms with Crippen LogP contribution in [0.4, 0.5) is 10.1 Å². The topological polar surface area (TPSA) is 49.4 Å². The second-order valence-corrected chi connectivity index (χ2v) is 6.87. The van der Waals surface area contributed by atoms with Crippen molar-refractivity contribution in [2.45, 2.75) is 26.7 Å². The molecule has 0 atom stereocenters. The van der Waals surface area contributed by atoms with Crippen molar-refractivity contribution in [3.63, 3.8) is 0 Å². The summed E-state index contributed by atoms with van der Waals surface area (Å²) in [5, 5.41) is 2.97. The van der Waals surface area contributed by atoms with E-state index in [2.05, 4.69) is 5.32 Å². The molecule has 0 aromatic heterocycles. The summed E-state index contributed by atoms with van der Waals surface area (Å²) in [4.78, 5) is 26.6. The van der Waals surface area contributed by atoms with Crippen molar-refractivity contribution in [3.8, 4) is 0 Å². The molecule has 0 radical (unpaired) electrons. The quantitative estimate of drug-likeness (QED) is 0.908. The van der Waals surface area contributed by atoms with Gasteiger partial charge in [0.1, 0.15) is 5.82 Å². The molecule has 5 heteroatoms. The van der Waals surface area contributed by atoms with E-state index < -0.39 is 5.82 Å². The molecule has 1 N–H and O–H groups in total. The summed E-state index contributed by atoms with van der Waals surface area (Å²) in [6.07, 6.45) is 1.22. The van der Waals surface area contributed by atoms with Crippen LogP contribution in [0.2, 0.25) is 0 Å². The highest BCUT2D eigenvalue weighted by Crippen LogP contribution is 2.22. The molecule has 0 spiro atoms. The molecule has 1 heterocycles. The zero-order valence-electron chi connectivity index (χ0n) is 15.1. The molecule has 0 aliphatic carbocycles. The average Bonchev–Trinajstić information content (AvgIpc) is 2.64. The third-order valence-corrected chi connectivity index (χ3v) is 5.00. The monoisotopic (exact) mass is 354 g/mol. The molecule has 1 saturated heterocycles. The van der Waals surface area contributed by atoms with Gasteiger partial charge in [0.15, 0.2) is 0 Å². The Morgan fingerprint density at radius 3 is 2.42 bits per heavy atom. The number of piperidine rings is 1. The third-order valence-electron chi connectivity index (χ3n) is 5.00. The normalized spacial score (nSPS) is 15.0. The number of hydrogen-bond donors (Lipinski definition) is 1. The van der Waals surface area contributed by atoms with Gasteiger partial charge in [0.25, 0.3) is 5.91 Å². The van der Waals surface area contributed by atoms with E-state index in [4.69, 9.17) is 0 Å². The fourth-order valence-corrected chi connectivity index (χ4v) is 3.21. The lowest BCUT2D eigenvalue weighted by Gasteiger charge is -2.31. The summed E-state index contributed by atoms with van der Waals surface area (Å²) >= 11 is 0. The van der Waals surface area contributed by atoms with E-state index in [-0.39, 0.29) is 17.7 Å². The molecule has 1 aliphatic heterocycles. The first-order valence-electron chi connectivity index (χ1n) is 8.87. The van der Waals surface area contributed by atoms with E-state index in [9.17, 15) is 14.0 Å². The highest BCUT2D eigenvalue weighted by atomic mass is 19.1. The van der Waals surface area contributed by atoms with Crippen LogP contribution < -0.4 is 5.32 Å². The molecule has 2 aromatic rings. The maximum absolute atomic E-state index is 13.3. The van der Waals surface area contributed by atoms with Crippen molar-refractivity contribution in [3.05, 3.63) is 65.0 Å². The van der Waals surface area contributed by atoms with E-state index in [0.717, 1.165) is 11.3 Å². The third kappa shape index (κ3) is 4.10. The molecule has 26 heavy (non-hydrogen) atoms. The summed E-state index contributed by atoms with van der Waals surface area (Å²) in [7, 11) is 0. The number of halogens is 1. The highest BCUT2D eigenvalue weighted by molar-refractivity contribution is 5.95. The number of hydrogen-bond acceptors (Lipinski definition) is 2. The lowest BCUT2D eigenvalue weighted by Crippen LogP contribution is -2.41. The maximum Gasteiger partial charge on any atom is 0.253 e. The summed E-state index contributed by atoms with van der Waals surface area (Å²) in [6.45, 7) is 5.05. The molecule has 0 saturated carbocycles. The predicted molar refractivity (Wildman–Crippen MR) is 99.6 cm³/mol. The van der Waals surface area contributed by atoms with Crippen LogP contribution in [0.1, 0.15) is 34.3 Å². The standard InChI is InChI=1S/C21H23FN2O2/c1-14-6-7-19(12-15(14)2)23-20(25)16-8-10-24(11-9-16)21(26)17-4-3-5-18(22)13-17/h3-7,12-13,16H,8-11H2,1-2H3,(H,23,25). The predicted octanol–water partition coefficient (Wildman–Crippen LogP) is 3.93. The number of aryl methyl sites for hydroxylation is 2. The molecule has 1 aliphatic rings. The summed E-state index contributed by atoms with van der Waals surface area (Å²) in [5.41, 5.74) is 3.48. The van der Waals surface area contributed by atoms with Gasteiger partial charge in [0.2, 0.25) is 5.91 Å². The van der Waals surface area contributed by atoms with Crippen molar-refractivity contribution < 1.29 is 14.0 Å². The molecular formula is C21H23FN2O2. The van der Waals surface area contributed by atoms with Crippen LogP contribution in [0.5, 0.6) is 0 Å². The van der Waals surface area contributed by atoms with Crippen molar-refractivity contribution in [2.75, 3.05) is 18.4 Å². The number of benzene rings is 2. The maximum atomic E-state index is 13.3. The van der Waals surface area contributed by atoms with Crippen LogP contribution in [0, 0.1) is 25.6 Å². The van der Waals surface area contributed by atoms with Crippen LogP contribution in [-0.2, 0) is 4.79 Å². The number of nitrogens with zero attached hydrogens (tertiary/aromatic N) is 1. The van der Waals surface area contributed by atoms with Gasteiger partial charge in [-0.15, -0.1) is 0 Å². The van der Waals surface area contributed by atoms with Crippen molar-refractivity contribution in [2.24, 2.45) is 5.92 Å². The van der Waals surface area contributed by atoms with Crippen LogP contribution in [0.15, 0.2) is 42.5 Å². The van der Waals surface area contributed by atoms with Gasteiger partial charge >= 0.3 is 0 Å². The van der Waals surface area contributed by atoms with E-state index in [1.54, 1.807) is 11.0 Å². The molecule has 3 rings (SSSR count). The van der Waals surface area contributed by atoms with Gasteiger partial charge < -0.3 is 10.2 Å². The molecular weight excluding hydrogens is 331 g/mol. The van der Waals surface area contributed by atoms with Gasteiger partial charge in [-0.05, 0) is 68.1 Å². The highest BCUT2D eigenvalue weighted by Gasteiger charge is 2.28. The molecule has 4 nitrogen and oxygen atoms in total. The lowest BCUT2D eigenvalue weighted by atomic mass is 9.95. The van der Waals surface area contributed by atoms with Crippen molar-refractivity contribution in [1.29, 1.82) is 0 Å². The number of nitrogens with one attached hydrogen (secondary N) is 1. The minimum Gasteiger partial charge on any atom is -0.339 e. The Balaban J connectivity index is 1.56. The number of amides is 2. The van der Waals surface area contributed by atoms with Gasteiger partial charge in [0.05, 0.1) is 0 Å². The van der Waals surface area contributed by atoms with E-state index in [1.807, 2.05) is 32.0 Å². The Hall–Kier alpha value is -2.69. The molecule has 0 unspecified atom stereocenters. The number of likely N-dealkylation sites (tertiary alicyclic amines) is 1. The van der Waals surface area contributed by atoms with Gasteiger partial charge in [-0.1, -0.05) is 12.1 Å². The van der Waals surface area contributed by atoms with Gasteiger partial charge in [-0.25, -0.2) is 4.39 Å². The average molecular weight is 354 g/mol. The zero-order valence-corrected chi connectivity index (χ0v) is 15.1. The SMILES string of the molecule is Cc1ccc(NC(=O)C2CCN(C(=O)c3cccc(F)c3)CC2)cc1C. The van der Waals surface area contributed by atoms with E-state index in [0.29, 0.717) is 31.5 Å². The first kappa shape index (κ1) is 18.1. The largest absolute Gasteiger partial charge is 0.339 e. The van der Waals surface area contributed by atoms with Crippen LogP contribution in [-0.4, -0.2) is 29.8 Å². The van der Waals surface area contributed by atoms with Gasteiger partial charge in [-0.3, -0.25) is 9.59 Å². The smallest absolute Gasteiger partial charge is 0.253 e. The Morgan fingerprint density at radius 1 is 1.04 bits per heavy atom. The fraction of sp³-hybridized carbons (Fsp3) is 0.333. The van der Waals surface area contributed by atoms with Crippen LogP contribution in [0.25, 0.3) is 0 Å². The first-order valence-corrected chi connectivity index (χ1v) is 8.87.